The largest absolute Gasteiger partial charge is 0.413 e. The molecule has 142 valence electrons. The Kier molecular flexibility index (Phi) is 4.26. The third-order valence-electron chi connectivity index (χ3n) is 6.59. The molecule has 0 aromatic heterocycles. The SMILES string of the molecule is CC(C)(C)[Si](C)(C)OCC12C=CC(Cc3ccccc3)(O1)c1ccccc12. The number of hydrogen-bond acceptors (Lipinski definition) is 2. The van der Waals surface area contributed by atoms with Crippen molar-refractivity contribution < 1.29 is 9.16 Å². The van der Waals surface area contributed by atoms with Gasteiger partial charge in [0.05, 0.1) is 6.61 Å². The van der Waals surface area contributed by atoms with Crippen LogP contribution in [0.5, 0.6) is 0 Å². The van der Waals surface area contributed by atoms with Crippen molar-refractivity contribution in [2.24, 2.45) is 0 Å². The average molecular weight is 379 g/mol. The lowest BCUT2D eigenvalue weighted by molar-refractivity contribution is -0.0914. The Morgan fingerprint density at radius 3 is 2.04 bits per heavy atom. The fourth-order valence-electron chi connectivity index (χ4n) is 3.92. The summed E-state index contributed by atoms with van der Waals surface area (Å²) >= 11 is 0. The van der Waals surface area contributed by atoms with Crippen molar-refractivity contribution in [3.63, 3.8) is 0 Å². The summed E-state index contributed by atoms with van der Waals surface area (Å²) in [6.45, 7) is 12.0. The summed E-state index contributed by atoms with van der Waals surface area (Å²) in [6, 6.07) is 19.3. The van der Waals surface area contributed by atoms with Crippen molar-refractivity contribution in [1.82, 2.24) is 0 Å². The summed E-state index contributed by atoms with van der Waals surface area (Å²) in [5.74, 6) is 0. The second-order valence-electron chi connectivity index (χ2n) is 9.47. The minimum absolute atomic E-state index is 0.186. The fraction of sp³-hybridized carbons (Fsp3) is 0.417. The molecule has 0 N–H and O–H groups in total. The van der Waals surface area contributed by atoms with E-state index in [0.29, 0.717) is 6.61 Å². The van der Waals surface area contributed by atoms with Crippen LogP contribution in [-0.4, -0.2) is 14.9 Å². The van der Waals surface area contributed by atoms with Crippen molar-refractivity contribution in [2.45, 2.75) is 56.5 Å². The number of rotatable bonds is 5. The van der Waals surface area contributed by atoms with Gasteiger partial charge in [-0.25, -0.2) is 0 Å². The highest BCUT2D eigenvalue weighted by Gasteiger charge is 2.56. The van der Waals surface area contributed by atoms with Crippen LogP contribution in [0.1, 0.15) is 37.5 Å². The number of benzene rings is 2. The highest BCUT2D eigenvalue weighted by molar-refractivity contribution is 6.74. The molecule has 0 amide bonds. The van der Waals surface area contributed by atoms with Crippen LogP contribution in [0.2, 0.25) is 18.1 Å². The number of hydrogen-bond donors (Lipinski definition) is 0. The van der Waals surface area contributed by atoms with Gasteiger partial charge in [-0.3, -0.25) is 0 Å². The van der Waals surface area contributed by atoms with Crippen LogP contribution in [0.3, 0.4) is 0 Å². The molecular weight excluding hydrogens is 348 g/mol. The van der Waals surface area contributed by atoms with E-state index in [4.69, 9.17) is 9.16 Å². The van der Waals surface area contributed by atoms with Gasteiger partial charge in [-0.05, 0) is 47.0 Å². The van der Waals surface area contributed by atoms with Gasteiger partial charge in [0.15, 0.2) is 8.32 Å². The first-order chi connectivity index (χ1) is 12.7. The topological polar surface area (TPSA) is 18.5 Å². The van der Waals surface area contributed by atoms with Gasteiger partial charge in [-0.1, -0.05) is 75.4 Å². The highest BCUT2D eigenvalue weighted by atomic mass is 28.4. The van der Waals surface area contributed by atoms with E-state index in [1.165, 1.54) is 16.7 Å². The maximum atomic E-state index is 6.82. The Morgan fingerprint density at radius 1 is 0.852 bits per heavy atom. The first-order valence-electron chi connectivity index (χ1n) is 9.86. The minimum atomic E-state index is -1.85. The van der Waals surface area contributed by atoms with E-state index in [1.54, 1.807) is 0 Å². The molecule has 0 aliphatic carbocycles. The molecule has 2 aliphatic rings. The van der Waals surface area contributed by atoms with Crippen LogP contribution >= 0.6 is 0 Å². The first kappa shape index (κ1) is 18.7. The quantitative estimate of drug-likeness (QED) is 0.473. The predicted molar refractivity (Wildman–Crippen MR) is 113 cm³/mol. The van der Waals surface area contributed by atoms with Crippen molar-refractivity contribution >= 4 is 8.32 Å². The van der Waals surface area contributed by atoms with Crippen LogP contribution in [0, 0.1) is 0 Å². The number of fused-ring (bicyclic) bond motifs is 5. The molecule has 0 spiro atoms. The van der Waals surface area contributed by atoms with E-state index >= 15 is 0 Å². The van der Waals surface area contributed by atoms with Crippen LogP contribution in [-0.2, 0) is 26.8 Å². The van der Waals surface area contributed by atoms with E-state index in [2.05, 4.69) is 101 Å². The summed E-state index contributed by atoms with van der Waals surface area (Å²) in [6.07, 6.45) is 5.35. The van der Waals surface area contributed by atoms with E-state index < -0.39 is 13.9 Å². The second kappa shape index (κ2) is 6.16. The molecule has 2 unspecified atom stereocenters. The summed E-state index contributed by atoms with van der Waals surface area (Å²) in [5, 5.41) is 0.186. The van der Waals surface area contributed by atoms with E-state index in [0.717, 1.165) is 6.42 Å². The molecule has 0 radical (unpaired) electrons. The minimum Gasteiger partial charge on any atom is -0.413 e. The van der Waals surface area contributed by atoms with Gasteiger partial charge in [0.1, 0.15) is 11.2 Å². The van der Waals surface area contributed by atoms with Gasteiger partial charge in [0, 0.05) is 6.42 Å². The molecule has 3 heteroatoms. The molecule has 2 aromatic rings. The van der Waals surface area contributed by atoms with Crippen molar-refractivity contribution in [1.29, 1.82) is 0 Å². The van der Waals surface area contributed by atoms with E-state index in [-0.39, 0.29) is 10.6 Å². The molecule has 2 atom stereocenters. The van der Waals surface area contributed by atoms with Crippen molar-refractivity contribution in [3.8, 4) is 0 Å². The summed E-state index contributed by atoms with van der Waals surface area (Å²) in [5.41, 5.74) is 3.01. The molecule has 2 heterocycles. The lowest BCUT2D eigenvalue weighted by atomic mass is 9.79. The molecule has 2 bridgehead atoms. The first-order valence-corrected chi connectivity index (χ1v) is 12.8. The molecular formula is C24H30O2Si. The van der Waals surface area contributed by atoms with E-state index in [9.17, 15) is 0 Å². The van der Waals surface area contributed by atoms with Crippen LogP contribution in [0.15, 0.2) is 66.7 Å². The monoisotopic (exact) mass is 378 g/mol. The molecule has 0 saturated heterocycles. The fourth-order valence-corrected chi connectivity index (χ4v) is 4.93. The highest BCUT2D eigenvalue weighted by Crippen LogP contribution is 2.55. The molecule has 2 aliphatic heterocycles. The third kappa shape index (κ3) is 3.02. The average Bonchev–Trinajstić information content (AvgIpc) is 3.13. The summed E-state index contributed by atoms with van der Waals surface area (Å²) in [4.78, 5) is 0. The third-order valence-corrected chi connectivity index (χ3v) is 11.1. The van der Waals surface area contributed by atoms with Crippen LogP contribution in [0.25, 0.3) is 0 Å². The maximum Gasteiger partial charge on any atom is 0.192 e. The van der Waals surface area contributed by atoms with Gasteiger partial charge < -0.3 is 9.16 Å². The standard InChI is InChI=1S/C24H30O2Si/c1-22(2,3)27(4,5)25-18-24-16-15-23(26-24,17-19-11-7-6-8-12-19)20-13-9-10-14-21(20)24/h6-16H,17-18H2,1-5H3. The zero-order valence-electron chi connectivity index (χ0n) is 17.1. The van der Waals surface area contributed by atoms with Gasteiger partial charge in [-0.15, -0.1) is 0 Å². The molecule has 4 rings (SSSR count). The Balaban J connectivity index is 1.66. The summed E-state index contributed by atoms with van der Waals surface area (Å²) < 4.78 is 13.4. The zero-order chi connectivity index (χ0) is 19.3. The predicted octanol–water partition coefficient (Wildman–Crippen LogP) is 5.94. The molecule has 2 aromatic carbocycles. The van der Waals surface area contributed by atoms with Gasteiger partial charge in [-0.2, -0.15) is 0 Å². The Hall–Kier alpha value is -1.68. The zero-order valence-corrected chi connectivity index (χ0v) is 18.1. The van der Waals surface area contributed by atoms with Crippen molar-refractivity contribution in [2.75, 3.05) is 6.61 Å². The van der Waals surface area contributed by atoms with Gasteiger partial charge >= 0.3 is 0 Å². The van der Waals surface area contributed by atoms with Gasteiger partial charge in [0.25, 0.3) is 0 Å². The lowest BCUT2D eigenvalue weighted by Crippen LogP contribution is -2.44. The Morgan fingerprint density at radius 2 is 1.41 bits per heavy atom. The smallest absolute Gasteiger partial charge is 0.192 e. The molecule has 27 heavy (non-hydrogen) atoms. The molecule has 2 nitrogen and oxygen atoms in total. The normalized spacial score (nSPS) is 26.4. The van der Waals surface area contributed by atoms with Crippen LogP contribution < -0.4 is 0 Å². The lowest BCUT2D eigenvalue weighted by Gasteiger charge is -2.38. The maximum absolute atomic E-state index is 6.82. The molecule has 0 fully saturated rings. The van der Waals surface area contributed by atoms with Crippen molar-refractivity contribution in [3.05, 3.63) is 83.4 Å². The Bertz CT molecular complexity index is 865. The van der Waals surface area contributed by atoms with Gasteiger partial charge in [0.2, 0.25) is 0 Å². The van der Waals surface area contributed by atoms with E-state index in [1.807, 2.05) is 0 Å². The summed E-state index contributed by atoms with van der Waals surface area (Å²) in [7, 11) is -1.85. The van der Waals surface area contributed by atoms with Crippen LogP contribution in [0.4, 0.5) is 0 Å². The second-order valence-corrected chi connectivity index (χ2v) is 14.3. The Labute approximate surface area is 164 Å². The number of ether oxygens (including phenoxy) is 1. The molecule has 0 saturated carbocycles.